The molecule has 0 aromatic heterocycles. The average Bonchev–Trinajstić information content (AvgIpc) is 2.85. The van der Waals surface area contributed by atoms with E-state index in [0.717, 1.165) is 12.0 Å². The van der Waals surface area contributed by atoms with Gasteiger partial charge in [0.25, 0.3) is 0 Å². The Balaban J connectivity index is 1.83. The van der Waals surface area contributed by atoms with E-state index in [1.165, 1.54) is 71.0 Å². The molecule has 0 aliphatic heterocycles. The monoisotopic (exact) mass is 254 g/mol. The van der Waals surface area contributed by atoms with Crippen LogP contribution in [0.2, 0.25) is 0 Å². The van der Waals surface area contributed by atoms with Crippen LogP contribution in [0.5, 0.6) is 0 Å². The van der Waals surface area contributed by atoms with Crippen molar-refractivity contribution in [2.24, 2.45) is 5.92 Å². The van der Waals surface area contributed by atoms with Crippen LogP contribution in [-0.4, -0.2) is 37.6 Å². The zero-order valence-electron chi connectivity index (χ0n) is 12.9. The number of nitrogens with one attached hydrogen (secondary N) is 1. The molecule has 2 heteroatoms. The Labute approximate surface area is 115 Å². The highest BCUT2D eigenvalue weighted by molar-refractivity contribution is 4.74. The Bertz CT molecular complexity index is 186. The molecule has 108 valence electrons. The van der Waals surface area contributed by atoms with Crippen molar-refractivity contribution in [2.45, 2.75) is 71.3 Å². The second-order valence-corrected chi connectivity index (χ2v) is 6.43. The summed E-state index contributed by atoms with van der Waals surface area (Å²) in [5.41, 5.74) is 0. The van der Waals surface area contributed by atoms with Crippen molar-refractivity contribution in [1.29, 1.82) is 0 Å². The van der Waals surface area contributed by atoms with Gasteiger partial charge in [-0.25, -0.2) is 0 Å². The molecule has 1 saturated carbocycles. The third kappa shape index (κ3) is 7.38. The molecule has 1 aliphatic carbocycles. The van der Waals surface area contributed by atoms with E-state index in [1.807, 2.05) is 0 Å². The van der Waals surface area contributed by atoms with Crippen molar-refractivity contribution in [2.75, 3.05) is 26.7 Å². The summed E-state index contributed by atoms with van der Waals surface area (Å²) in [4.78, 5) is 2.60. The van der Waals surface area contributed by atoms with E-state index in [1.54, 1.807) is 0 Å². The zero-order valence-corrected chi connectivity index (χ0v) is 12.9. The normalized spacial score (nSPS) is 17.2. The van der Waals surface area contributed by atoms with Crippen LogP contribution in [0.25, 0.3) is 0 Å². The lowest BCUT2D eigenvalue weighted by Crippen LogP contribution is -2.30. The summed E-state index contributed by atoms with van der Waals surface area (Å²) >= 11 is 0. The molecule has 0 unspecified atom stereocenters. The summed E-state index contributed by atoms with van der Waals surface area (Å²) in [6, 6.07) is 0.901. The molecule has 1 aliphatic rings. The van der Waals surface area contributed by atoms with E-state index in [0.29, 0.717) is 0 Å². The third-order valence-corrected chi connectivity index (χ3v) is 4.12. The predicted octanol–water partition coefficient (Wildman–Crippen LogP) is 3.67. The summed E-state index contributed by atoms with van der Waals surface area (Å²) in [6.45, 7) is 8.23. The van der Waals surface area contributed by atoms with Gasteiger partial charge in [-0.1, -0.05) is 39.5 Å². The summed E-state index contributed by atoms with van der Waals surface area (Å²) in [6.07, 6.45) is 11.3. The molecular weight excluding hydrogens is 220 g/mol. The topological polar surface area (TPSA) is 15.3 Å². The number of hydrogen-bond acceptors (Lipinski definition) is 2. The molecule has 0 heterocycles. The van der Waals surface area contributed by atoms with Crippen molar-refractivity contribution in [3.63, 3.8) is 0 Å². The lowest BCUT2D eigenvalue weighted by atomic mass is 10.1. The molecule has 0 saturated heterocycles. The first-order valence-electron chi connectivity index (χ1n) is 8.11. The van der Waals surface area contributed by atoms with Gasteiger partial charge >= 0.3 is 0 Å². The van der Waals surface area contributed by atoms with Crippen LogP contribution < -0.4 is 5.32 Å². The van der Waals surface area contributed by atoms with Crippen LogP contribution in [-0.2, 0) is 0 Å². The van der Waals surface area contributed by atoms with Gasteiger partial charge in [-0.2, -0.15) is 0 Å². The molecule has 0 amide bonds. The first-order chi connectivity index (χ1) is 8.70. The number of rotatable bonds is 10. The first kappa shape index (κ1) is 16.0. The molecule has 0 atom stereocenters. The molecule has 2 nitrogen and oxygen atoms in total. The summed E-state index contributed by atoms with van der Waals surface area (Å²) in [5.74, 6) is 0.782. The predicted molar refractivity (Wildman–Crippen MR) is 81.1 cm³/mol. The molecule has 1 fully saturated rings. The molecule has 0 bridgehead atoms. The maximum Gasteiger partial charge on any atom is 0.00922 e. The van der Waals surface area contributed by atoms with Gasteiger partial charge in [0.2, 0.25) is 0 Å². The summed E-state index contributed by atoms with van der Waals surface area (Å²) in [5, 5.41) is 3.52. The van der Waals surface area contributed by atoms with Gasteiger partial charge in [0.15, 0.2) is 0 Å². The second-order valence-electron chi connectivity index (χ2n) is 6.43. The van der Waals surface area contributed by atoms with Crippen molar-refractivity contribution < 1.29 is 0 Å². The SMILES string of the molecule is CC(C)CNCCCCCCN(C)C1CCCC1. The second kappa shape index (κ2) is 9.80. The highest BCUT2D eigenvalue weighted by Crippen LogP contribution is 2.22. The van der Waals surface area contributed by atoms with Crippen LogP contribution in [0.1, 0.15) is 65.2 Å². The van der Waals surface area contributed by atoms with Crippen LogP contribution in [0.15, 0.2) is 0 Å². The standard InChI is InChI=1S/C16H34N2/c1-15(2)14-17-12-8-4-5-9-13-18(3)16-10-6-7-11-16/h15-17H,4-14H2,1-3H3. The van der Waals surface area contributed by atoms with Gasteiger partial charge in [0, 0.05) is 6.04 Å². The Morgan fingerprint density at radius 1 is 1.06 bits per heavy atom. The Morgan fingerprint density at radius 2 is 1.72 bits per heavy atom. The first-order valence-corrected chi connectivity index (χ1v) is 8.11. The van der Waals surface area contributed by atoms with Gasteiger partial charge in [-0.3, -0.25) is 0 Å². The van der Waals surface area contributed by atoms with E-state index in [9.17, 15) is 0 Å². The van der Waals surface area contributed by atoms with E-state index in [2.05, 4.69) is 31.1 Å². The lowest BCUT2D eigenvalue weighted by molar-refractivity contribution is 0.240. The number of hydrogen-bond donors (Lipinski definition) is 1. The molecule has 0 spiro atoms. The van der Waals surface area contributed by atoms with Gasteiger partial charge in [-0.05, 0) is 58.3 Å². The maximum absolute atomic E-state index is 3.52. The number of unbranched alkanes of at least 4 members (excludes halogenated alkanes) is 3. The quantitative estimate of drug-likeness (QED) is 0.598. The average molecular weight is 254 g/mol. The van der Waals surface area contributed by atoms with Crippen molar-refractivity contribution in [3.8, 4) is 0 Å². The fourth-order valence-electron chi connectivity index (χ4n) is 2.88. The van der Waals surface area contributed by atoms with E-state index < -0.39 is 0 Å². The zero-order chi connectivity index (χ0) is 13.2. The van der Waals surface area contributed by atoms with E-state index in [4.69, 9.17) is 0 Å². The minimum Gasteiger partial charge on any atom is -0.316 e. The largest absolute Gasteiger partial charge is 0.316 e. The lowest BCUT2D eigenvalue weighted by Gasteiger charge is -2.23. The molecule has 18 heavy (non-hydrogen) atoms. The molecule has 1 rings (SSSR count). The van der Waals surface area contributed by atoms with Crippen LogP contribution in [0.3, 0.4) is 0 Å². The Kier molecular flexibility index (Phi) is 8.70. The molecule has 0 radical (unpaired) electrons. The minimum atomic E-state index is 0.782. The molecule has 1 N–H and O–H groups in total. The van der Waals surface area contributed by atoms with Gasteiger partial charge in [-0.15, -0.1) is 0 Å². The van der Waals surface area contributed by atoms with Crippen LogP contribution in [0, 0.1) is 5.92 Å². The van der Waals surface area contributed by atoms with Crippen molar-refractivity contribution >= 4 is 0 Å². The van der Waals surface area contributed by atoms with Gasteiger partial charge in [0.05, 0.1) is 0 Å². The third-order valence-electron chi connectivity index (χ3n) is 4.12. The molecular formula is C16H34N2. The fraction of sp³-hybridized carbons (Fsp3) is 1.00. The van der Waals surface area contributed by atoms with Gasteiger partial charge in [0.1, 0.15) is 0 Å². The highest BCUT2D eigenvalue weighted by Gasteiger charge is 2.18. The van der Waals surface area contributed by atoms with Crippen molar-refractivity contribution in [1.82, 2.24) is 10.2 Å². The van der Waals surface area contributed by atoms with E-state index in [-0.39, 0.29) is 0 Å². The van der Waals surface area contributed by atoms with Crippen molar-refractivity contribution in [3.05, 3.63) is 0 Å². The van der Waals surface area contributed by atoms with Crippen LogP contribution >= 0.6 is 0 Å². The maximum atomic E-state index is 3.52. The molecule has 0 aromatic rings. The number of nitrogens with zero attached hydrogens (tertiary/aromatic N) is 1. The van der Waals surface area contributed by atoms with Crippen LogP contribution in [0.4, 0.5) is 0 Å². The fourth-order valence-corrected chi connectivity index (χ4v) is 2.88. The Hall–Kier alpha value is -0.0800. The highest BCUT2D eigenvalue weighted by atomic mass is 15.1. The van der Waals surface area contributed by atoms with E-state index >= 15 is 0 Å². The Morgan fingerprint density at radius 3 is 2.39 bits per heavy atom. The summed E-state index contributed by atoms with van der Waals surface area (Å²) in [7, 11) is 2.32. The minimum absolute atomic E-state index is 0.782. The molecule has 0 aromatic carbocycles. The smallest absolute Gasteiger partial charge is 0.00922 e. The van der Waals surface area contributed by atoms with Gasteiger partial charge < -0.3 is 10.2 Å². The summed E-state index contributed by atoms with van der Waals surface area (Å²) < 4.78 is 0.